The second kappa shape index (κ2) is 2.06. The van der Waals surface area contributed by atoms with E-state index in [4.69, 9.17) is 0 Å². The average Bonchev–Trinajstić information content (AvgIpc) is 2.05. The van der Waals surface area contributed by atoms with Crippen molar-refractivity contribution in [3.8, 4) is 0 Å². The number of aryl methyl sites for hydroxylation is 1. The molecule has 2 rings (SSSR count). The molecule has 0 saturated carbocycles. The van der Waals surface area contributed by atoms with E-state index >= 15 is 0 Å². The van der Waals surface area contributed by atoms with Gasteiger partial charge in [0.25, 0.3) is 0 Å². The summed E-state index contributed by atoms with van der Waals surface area (Å²) in [5, 5.41) is 2.47. The van der Waals surface area contributed by atoms with Crippen molar-refractivity contribution < 1.29 is 14.6 Å². The third-order valence-corrected chi connectivity index (χ3v) is 1.78. The highest BCUT2D eigenvalue weighted by Crippen LogP contribution is 2.22. The fourth-order valence-electron chi connectivity index (χ4n) is 1.13. The number of hydrogen-bond acceptors (Lipinski definition) is 0. The first-order chi connectivity index (χ1) is 5.61. The van der Waals surface area contributed by atoms with Gasteiger partial charge in [-0.3, -0.25) is 9.78 Å². The summed E-state index contributed by atoms with van der Waals surface area (Å²) in [4.78, 5) is 0. The standard InChI is InChI=1S/C7H5F3N2.H2/c1-12-4-2-3(8)5(9)6(10)7(4)11-12;/h2,11H,1H3;1H. The quantitative estimate of drug-likeness (QED) is 0.594. The summed E-state index contributed by atoms with van der Waals surface area (Å²) in [5.74, 6) is -3.77. The average molecular weight is 176 g/mol. The highest BCUT2D eigenvalue weighted by atomic mass is 19.2. The van der Waals surface area contributed by atoms with Crippen molar-refractivity contribution in [3.63, 3.8) is 0 Å². The Kier molecular flexibility index (Phi) is 1.25. The van der Waals surface area contributed by atoms with E-state index in [1.165, 1.54) is 4.68 Å². The van der Waals surface area contributed by atoms with Crippen LogP contribution < -0.4 is 0 Å². The van der Waals surface area contributed by atoms with Gasteiger partial charge in [-0.25, -0.2) is 13.2 Å². The van der Waals surface area contributed by atoms with Crippen LogP contribution in [0.25, 0.3) is 11.0 Å². The van der Waals surface area contributed by atoms with Gasteiger partial charge in [-0.15, -0.1) is 0 Å². The molecule has 0 aliphatic heterocycles. The zero-order valence-electron chi connectivity index (χ0n) is 6.16. The predicted octanol–water partition coefficient (Wildman–Crippen LogP) is 2.17. The molecule has 66 valence electrons. The molecule has 0 aliphatic carbocycles. The lowest BCUT2D eigenvalue weighted by Crippen LogP contribution is -2.09. The minimum absolute atomic E-state index is 0. The van der Waals surface area contributed by atoms with Crippen LogP contribution in [0.1, 0.15) is 1.43 Å². The molecule has 2 nitrogen and oxygen atoms in total. The fourth-order valence-corrected chi connectivity index (χ4v) is 1.13. The van der Waals surface area contributed by atoms with Gasteiger partial charge in [-0.1, -0.05) is 0 Å². The number of aromatic nitrogens is 2. The number of aromatic amines is 1. The van der Waals surface area contributed by atoms with E-state index in [0.717, 1.165) is 6.07 Å². The van der Waals surface area contributed by atoms with Crippen molar-refractivity contribution in [1.29, 1.82) is 0 Å². The summed E-state index contributed by atoms with van der Waals surface area (Å²) in [7, 11) is 1.58. The number of nitrogens with zero attached hydrogens (tertiary/aromatic N) is 1. The zero-order chi connectivity index (χ0) is 8.88. The van der Waals surface area contributed by atoms with Gasteiger partial charge < -0.3 is 0 Å². The van der Waals surface area contributed by atoms with Gasteiger partial charge in [0, 0.05) is 14.5 Å². The number of hydrogen-bond donors (Lipinski definition) is 1. The van der Waals surface area contributed by atoms with Gasteiger partial charge in [0.05, 0.1) is 5.52 Å². The second-order valence-corrected chi connectivity index (χ2v) is 2.55. The molecular formula is C7H7F3N2. The molecule has 2 aromatic rings. The van der Waals surface area contributed by atoms with Crippen LogP contribution in [0.2, 0.25) is 0 Å². The van der Waals surface area contributed by atoms with E-state index in [1.807, 2.05) is 0 Å². The molecule has 0 spiro atoms. The third-order valence-electron chi connectivity index (χ3n) is 1.78. The summed E-state index contributed by atoms with van der Waals surface area (Å²) in [6.45, 7) is 0. The SMILES string of the molecule is Cn1[nH]c2c(F)c(F)c(F)cc21.[HH]. The first-order valence-corrected chi connectivity index (χ1v) is 3.29. The van der Waals surface area contributed by atoms with Crippen molar-refractivity contribution in [3.05, 3.63) is 23.5 Å². The number of rotatable bonds is 0. The summed E-state index contributed by atoms with van der Waals surface area (Å²) in [6.07, 6.45) is 0. The van der Waals surface area contributed by atoms with Crippen molar-refractivity contribution in [2.75, 3.05) is 0 Å². The maximum atomic E-state index is 12.8. The Bertz CT molecular complexity index is 446. The van der Waals surface area contributed by atoms with Crippen LogP contribution in [0.15, 0.2) is 6.07 Å². The molecule has 0 fully saturated rings. The smallest absolute Gasteiger partial charge is 0.196 e. The molecule has 0 radical (unpaired) electrons. The maximum absolute atomic E-state index is 12.8. The van der Waals surface area contributed by atoms with Gasteiger partial charge in [0.1, 0.15) is 5.52 Å². The van der Waals surface area contributed by atoms with E-state index in [0.29, 0.717) is 5.52 Å². The molecule has 0 unspecified atom stereocenters. The van der Waals surface area contributed by atoms with Crippen molar-refractivity contribution in [2.45, 2.75) is 0 Å². The van der Waals surface area contributed by atoms with Gasteiger partial charge in [-0.05, 0) is 0 Å². The van der Waals surface area contributed by atoms with E-state index in [1.54, 1.807) is 7.05 Å². The molecule has 0 saturated heterocycles. The van der Waals surface area contributed by atoms with E-state index < -0.39 is 17.5 Å². The normalized spacial score (nSPS) is 11.3. The maximum Gasteiger partial charge on any atom is 0.196 e. The van der Waals surface area contributed by atoms with Gasteiger partial charge in [0.2, 0.25) is 0 Å². The van der Waals surface area contributed by atoms with E-state index in [2.05, 4.69) is 5.10 Å². The number of H-pyrrole nitrogens is 1. The molecule has 1 N–H and O–H groups in total. The van der Waals surface area contributed by atoms with E-state index in [-0.39, 0.29) is 6.94 Å². The van der Waals surface area contributed by atoms with Crippen LogP contribution in [-0.4, -0.2) is 9.78 Å². The summed E-state index contributed by atoms with van der Waals surface area (Å²) in [5.41, 5.74) is 0.336. The molecule has 1 heterocycles. The van der Waals surface area contributed by atoms with Crippen LogP contribution in [0.4, 0.5) is 13.2 Å². The van der Waals surface area contributed by atoms with Crippen molar-refractivity contribution >= 4 is 11.0 Å². The lowest BCUT2D eigenvalue weighted by atomic mass is 10.2. The lowest BCUT2D eigenvalue weighted by Gasteiger charge is -2.12. The largest absolute Gasteiger partial charge is 0.294 e. The Balaban J connectivity index is 0.000000845. The number of fused-ring (bicyclic) bond motifs is 1. The minimum Gasteiger partial charge on any atom is -0.294 e. The molecule has 1 aromatic heterocycles. The molecule has 5 heteroatoms. The molecular weight excluding hydrogens is 169 g/mol. The highest BCUT2D eigenvalue weighted by molar-refractivity contribution is 5.77. The Morgan fingerprint density at radius 2 is 2.00 bits per heavy atom. The molecule has 1 aromatic carbocycles. The minimum atomic E-state index is -1.44. The Hall–Kier alpha value is -1.39. The zero-order valence-corrected chi connectivity index (χ0v) is 6.16. The van der Waals surface area contributed by atoms with E-state index in [9.17, 15) is 13.2 Å². The topological polar surface area (TPSA) is 20.7 Å². The monoisotopic (exact) mass is 176 g/mol. The first kappa shape index (κ1) is 7.27. The Labute approximate surface area is 67.1 Å². The lowest BCUT2D eigenvalue weighted by molar-refractivity contribution is 0.448. The van der Waals surface area contributed by atoms with Gasteiger partial charge in [0.15, 0.2) is 17.5 Å². The molecule has 0 aliphatic rings. The Morgan fingerprint density at radius 1 is 1.33 bits per heavy atom. The van der Waals surface area contributed by atoms with Crippen LogP contribution in [-0.2, 0) is 7.05 Å². The molecule has 12 heavy (non-hydrogen) atoms. The number of halogens is 3. The summed E-state index contributed by atoms with van der Waals surface area (Å²) >= 11 is 0. The highest BCUT2D eigenvalue weighted by Gasteiger charge is 2.17. The van der Waals surface area contributed by atoms with Crippen LogP contribution >= 0.6 is 0 Å². The summed E-state index contributed by atoms with van der Waals surface area (Å²) in [6, 6.07) is 0.949. The van der Waals surface area contributed by atoms with Crippen molar-refractivity contribution in [1.82, 2.24) is 9.78 Å². The number of benzene rings is 1. The molecule has 0 amide bonds. The summed E-state index contributed by atoms with van der Waals surface area (Å²) < 4.78 is 39.3. The molecule has 0 bridgehead atoms. The number of nitrogens with one attached hydrogen (secondary N) is 1. The fraction of sp³-hybridized carbons (Fsp3) is 0.143. The van der Waals surface area contributed by atoms with Crippen molar-refractivity contribution in [2.24, 2.45) is 7.05 Å². The third kappa shape index (κ3) is 0.704. The molecule has 0 atom stereocenters. The van der Waals surface area contributed by atoms with Gasteiger partial charge in [-0.2, -0.15) is 0 Å². The van der Waals surface area contributed by atoms with Crippen LogP contribution in [0.3, 0.4) is 0 Å². The first-order valence-electron chi connectivity index (χ1n) is 3.29. The second-order valence-electron chi connectivity index (χ2n) is 2.55. The van der Waals surface area contributed by atoms with Gasteiger partial charge >= 0.3 is 0 Å². The van der Waals surface area contributed by atoms with Crippen LogP contribution in [0.5, 0.6) is 0 Å². The Morgan fingerprint density at radius 3 is 2.58 bits per heavy atom. The van der Waals surface area contributed by atoms with Crippen LogP contribution in [0, 0.1) is 17.5 Å². The predicted molar refractivity (Wildman–Crippen MR) is 39.3 cm³/mol.